The second-order valence-corrected chi connectivity index (χ2v) is 7.72. The predicted octanol–water partition coefficient (Wildman–Crippen LogP) is 7.03. The number of thiazole rings is 1. The minimum absolute atomic E-state index is 0.120. The number of carbonyl (C=O) groups is 1. The van der Waals surface area contributed by atoms with E-state index in [1.54, 1.807) is 36.4 Å². The van der Waals surface area contributed by atoms with Gasteiger partial charge in [-0.3, -0.25) is 4.79 Å². The third kappa shape index (κ3) is 3.67. The average Bonchev–Trinajstić information content (AvgIpc) is 3.12. The largest absolute Gasteiger partial charge is 0.288 e. The number of aromatic nitrogens is 1. The van der Waals surface area contributed by atoms with Crippen LogP contribution in [0.25, 0.3) is 21.9 Å². The predicted molar refractivity (Wildman–Crippen MR) is 115 cm³/mol. The van der Waals surface area contributed by atoms with Crippen LogP contribution in [0.3, 0.4) is 0 Å². The summed E-state index contributed by atoms with van der Waals surface area (Å²) in [5, 5.41) is 1.62. The van der Waals surface area contributed by atoms with Gasteiger partial charge < -0.3 is 0 Å². The summed E-state index contributed by atoms with van der Waals surface area (Å²) in [6, 6.07) is 22.2. The molecule has 1 heterocycles. The van der Waals surface area contributed by atoms with Crippen molar-refractivity contribution in [1.29, 1.82) is 0 Å². The minimum atomic E-state index is -0.120. The Labute approximate surface area is 170 Å². The maximum Gasteiger partial charge on any atom is 0.196 e. The Morgan fingerprint density at radius 3 is 2.22 bits per heavy atom. The fraction of sp³-hybridized carbons (Fsp3) is 0. The maximum atomic E-state index is 13.3. The molecule has 0 spiro atoms. The molecular weight excluding hydrogens is 397 g/mol. The van der Waals surface area contributed by atoms with E-state index in [0.29, 0.717) is 31.8 Å². The van der Waals surface area contributed by atoms with E-state index in [2.05, 4.69) is 4.98 Å². The number of nitrogens with zero attached hydrogens (tertiary/aromatic N) is 1. The first-order valence-electron chi connectivity index (χ1n) is 8.25. The molecule has 0 aliphatic heterocycles. The highest BCUT2D eigenvalue weighted by atomic mass is 35.5. The third-order valence-electron chi connectivity index (χ3n) is 4.09. The number of allylic oxidation sites excluding steroid dienone is 1. The first-order chi connectivity index (χ1) is 13.1. The molecule has 4 aromatic rings. The van der Waals surface area contributed by atoms with E-state index in [1.807, 2.05) is 42.5 Å². The lowest BCUT2D eigenvalue weighted by Gasteiger charge is -2.07. The minimum Gasteiger partial charge on any atom is -0.288 e. The SMILES string of the molecule is O=C(C(=Cc1c(Cl)cccc1Cl)c1nc2ccccc2s1)c1ccccc1. The summed E-state index contributed by atoms with van der Waals surface area (Å²) in [6.07, 6.45) is 1.73. The molecule has 4 rings (SSSR count). The van der Waals surface area contributed by atoms with E-state index in [4.69, 9.17) is 23.2 Å². The van der Waals surface area contributed by atoms with Gasteiger partial charge in [-0.25, -0.2) is 4.98 Å². The molecule has 5 heteroatoms. The molecule has 27 heavy (non-hydrogen) atoms. The van der Waals surface area contributed by atoms with Crippen molar-refractivity contribution in [1.82, 2.24) is 4.98 Å². The molecule has 0 N–H and O–H groups in total. The van der Waals surface area contributed by atoms with Crippen LogP contribution < -0.4 is 0 Å². The number of hydrogen-bond donors (Lipinski definition) is 0. The van der Waals surface area contributed by atoms with Gasteiger partial charge in [0.1, 0.15) is 5.01 Å². The number of ketones is 1. The highest BCUT2D eigenvalue weighted by Gasteiger charge is 2.19. The van der Waals surface area contributed by atoms with Crippen molar-refractivity contribution < 1.29 is 4.79 Å². The summed E-state index contributed by atoms with van der Waals surface area (Å²) in [5.41, 5.74) is 2.53. The summed E-state index contributed by atoms with van der Waals surface area (Å²) in [5.74, 6) is -0.120. The molecule has 0 bridgehead atoms. The third-order valence-corrected chi connectivity index (χ3v) is 5.82. The second-order valence-electron chi connectivity index (χ2n) is 5.88. The number of Topliss-reactive ketones (excluding diaryl/α,β-unsaturated/α-hetero) is 1. The molecule has 0 atom stereocenters. The summed E-state index contributed by atoms with van der Waals surface area (Å²) in [7, 11) is 0. The molecule has 132 valence electrons. The molecule has 2 nitrogen and oxygen atoms in total. The van der Waals surface area contributed by atoms with Crippen molar-refractivity contribution in [3.05, 3.63) is 99.0 Å². The van der Waals surface area contributed by atoms with E-state index in [9.17, 15) is 4.79 Å². The fourth-order valence-corrected chi connectivity index (χ4v) is 4.24. The Morgan fingerprint density at radius 2 is 1.52 bits per heavy atom. The fourth-order valence-electron chi connectivity index (χ4n) is 2.75. The lowest BCUT2D eigenvalue weighted by Crippen LogP contribution is -2.02. The van der Waals surface area contributed by atoms with Crippen molar-refractivity contribution in [3.8, 4) is 0 Å². The number of rotatable bonds is 4. The van der Waals surface area contributed by atoms with Crippen LogP contribution in [0.2, 0.25) is 10.0 Å². The van der Waals surface area contributed by atoms with E-state index < -0.39 is 0 Å². The van der Waals surface area contributed by atoms with Crippen LogP contribution in [0.15, 0.2) is 72.8 Å². The Hall–Kier alpha value is -2.46. The van der Waals surface area contributed by atoms with Gasteiger partial charge in [-0.2, -0.15) is 0 Å². The van der Waals surface area contributed by atoms with Crippen LogP contribution in [-0.2, 0) is 0 Å². The molecule has 0 saturated carbocycles. The van der Waals surface area contributed by atoms with E-state index in [1.165, 1.54) is 11.3 Å². The van der Waals surface area contributed by atoms with Crippen molar-refractivity contribution >= 4 is 62.2 Å². The van der Waals surface area contributed by atoms with Crippen LogP contribution in [0, 0.1) is 0 Å². The Balaban J connectivity index is 1.92. The first kappa shape index (κ1) is 17.9. The van der Waals surface area contributed by atoms with Gasteiger partial charge in [0.25, 0.3) is 0 Å². The zero-order valence-electron chi connectivity index (χ0n) is 14.0. The maximum absolute atomic E-state index is 13.3. The van der Waals surface area contributed by atoms with Gasteiger partial charge in [-0.1, -0.05) is 71.7 Å². The van der Waals surface area contributed by atoms with Gasteiger partial charge in [0.2, 0.25) is 0 Å². The normalized spacial score (nSPS) is 11.7. The molecule has 0 amide bonds. The van der Waals surface area contributed by atoms with Crippen LogP contribution in [0.4, 0.5) is 0 Å². The Bertz CT molecular complexity index is 1110. The van der Waals surface area contributed by atoms with Crippen molar-refractivity contribution in [2.75, 3.05) is 0 Å². The number of fused-ring (bicyclic) bond motifs is 1. The molecule has 0 radical (unpaired) electrons. The highest BCUT2D eigenvalue weighted by molar-refractivity contribution is 7.20. The lowest BCUT2D eigenvalue weighted by molar-refractivity contribution is 0.105. The van der Waals surface area contributed by atoms with E-state index >= 15 is 0 Å². The number of para-hydroxylation sites is 1. The molecule has 0 unspecified atom stereocenters. The molecular formula is C22H13Cl2NOS. The number of carbonyl (C=O) groups excluding carboxylic acids is 1. The Kier molecular flexibility index (Phi) is 5.08. The van der Waals surface area contributed by atoms with Crippen LogP contribution in [0.1, 0.15) is 20.9 Å². The van der Waals surface area contributed by atoms with Crippen LogP contribution in [0.5, 0.6) is 0 Å². The monoisotopic (exact) mass is 409 g/mol. The Morgan fingerprint density at radius 1 is 0.852 bits per heavy atom. The summed E-state index contributed by atoms with van der Waals surface area (Å²) in [4.78, 5) is 17.9. The smallest absolute Gasteiger partial charge is 0.196 e. The van der Waals surface area contributed by atoms with Crippen molar-refractivity contribution in [3.63, 3.8) is 0 Å². The van der Waals surface area contributed by atoms with Gasteiger partial charge >= 0.3 is 0 Å². The van der Waals surface area contributed by atoms with Crippen LogP contribution in [-0.4, -0.2) is 10.8 Å². The zero-order valence-corrected chi connectivity index (χ0v) is 16.4. The van der Waals surface area contributed by atoms with Crippen molar-refractivity contribution in [2.45, 2.75) is 0 Å². The first-order valence-corrected chi connectivity index (χ1v) is 9.82. The quantitative estimate of drug-likeness (QED) is 0.267. The summed E-state index contributed by atoms with van der Waals surface area (Å²) < 4.78 is 1.02. The number of halogens is 2. The number of hydrogen-bond acceptors (Lipinski definition) is 3. The van der Waals surface area contributed by atoms with Gasteiger partial charge in [-0.15, -0.1) is 11.3 Å². The summed E-state index contributed by atoms with van der Waals surface area (Å²) >= 11 is 14.1. The van der Waals surface area contributed by atoms with Crippen molar-refractivity contribution in [2.24, 2.45) is 0 Å². The molecule has 3 aromatic carbocycles. The standard InChI is InChI=1S/C22H13Cl2NOS/c23-17-9-6-10-18(24)15(17)13-16(21(26)14-7-2-1-3-8-14)22-25-19-11-4-5-12-20(19)27-22/h1-13H. The molecule has 0 aliphatic carbocycles. The lowest BCUT2D eigenvalue weighted by atomic mass is 10.0. The van der Waals surface area contributed by atoms with E-state index in [-0.39, 0.29) is 5.78 Å². The molecule has 1 aromatic heterocycles. The van der Waals surface area contributed by atoms with Gasteiger partial charge in [0, 0.05) is 21.2 Å². The topological polar surface area (TPSA) is 30.0 Å². The average molecular weight is 410 g/mol. The second kappa shape index (κ2) is 7.65. The van der Waals surface area contributed by atoms with Gasteiger partial charge in [-0.05, 0) is 30.3 Å². The van der Waals surface area contributed by atoms with Gasteiger partial charge in [0.15, 0.2) is 5.78 Å². The summed E-state index contributed by atoms with van der Waals surface area (Å²) in [6.45, 7) is 0. The molecule has 0 saturated heterocycles. The number of benzene rings is 3. The van der Waals surface area contributed by atoms with Gasteiger partial charge in [0.05, 0.1) is 15.8 Å². The van der Waals surface area contributed by atoms with Crippen LogP contribution >= 0.6 is 34.5 Å². The zero-order chi connectivity index (χ0) is 18.8. The van der Waals surface area contributed by atoms with E-state index in [0.717, 1.165) is 10.2 Å². The molecule has 0 aliphatic rings. The molecule has 0 fully saturated rings. The highest BCUT2D eigenvalue weighted by Crippen LogP contribution is 2.34.